The molecule has 160 valence electrons. The van der Waals surface area contributed by atoms with Crippen molar-refractivity contribution in [2.75, 3.05) is 11.4 Å². The molecule has 30 heavy (non-hydrogen) atoms. The fraction of sp³-hybridized carbons (Fsp3) is 0.364. The van der Waals surface area contributed by atoms with Crippen molar-refractivity contribution in [2.24, 2.45) is 0 Å². The molecule has 5 nitrogen and oxygen atoms in total. The van der Waals surface area contributed by atoms with E-state index in [1.54, 1.807) is 43.0 Å². The van der Waals surface area contributed by atoms with Gasteiger partial charge in [0.15, 0.2) is 0 Å². The van der Waals surface area contributed by atoms with Gasteiger partial charge in [0.2, 0.25) is 5.91 Å². The highest BCUT2D eigenvalue weighted by Crippen LogP contribution is 2.34. The van der Waals surface area contributed by atoms with Crippen LogP contribution in [0.5, 0.6) is 5.75 Å². The van der Waals surface area contributed by atoms with Gasteiger partial charge in [0.1, 0.15) is 5.75 Å². The zero-order chi connectivity index (χ0) is 21.9. The number of carbonyl (C=O) groups excluding carboxylic acids is 2. The lowest BCUT2D eigenvalue weighted by Crippen LogP contribution is -2.25. The van der Waals surface area contributed by atoms with Gasteiger partial charge in [0.05, 0.1) is 11.7 Å². The van der Waals surface area contributed by atoms with Gasteiger partial charge < -0.3 is 15.0 Å². The quantitative estimate of drug-likeness (QED) is 0.746. The van der Waals surface area contributed by atoms with E-state index in [-0.39, 0.29) is 29.9 Å². The fourth-order valence-electron chi connectivity index (χ4n) is 3.31. The number of hydrogen-bond acceptors (Lipinski definition) is 3. The summed E-state index contributed by atoms with van der Waals surface area (Å²) in [5.41, 5.74) is 0.114. The van der Waals surface area contributed by atoms with Gasteiger partial charge in [-0.05, 0) is 62.2 Å². The average molecular weight is 420 g/mol. The summed E-state index contributed by atoms with van der Waals surface area (Å²) in [7, 11) is 0. The molecule has 8 heteroatoms. The first-order valence-electron chi connectivity index (χ1n) is 9.70. The Morgan fingerprint density at radius 3 is 2.43 bits per heavy atom. The number of carbonyl (C=O) groups is 2. The number of anilines is 1. The maximum atomic E-state index is 13.4. The lowest BCUT2D eigenvalue weighted by molar-refractivity contribution is -0.138. The third-order valence-corrected chi connectivity index (χ3v) is 4.71. The van der Waals surface area contributed by atoms with E-state index >= 15 is 0 Å². The molecule has 0 atom stereocenters. The van der Waals surface area contributed by atoms with E-state index in [9.17, 15) is 22.8 Å². The van der Waals surface area contributed by atoms with Crippen molar-refractivity contribution < 1.29 is 27.5 Å². The SMILES string of the molecule is CC(C)Oc1ccc(CNC(=O)c2ccc(N3CCCC3=O)cc2)c(C(F)(F)F)c1. The van der Waals surface area contributed by atoms with E-state index in [2.05, 4.69) is 5.32 Å². The number of halogens is 3. The van der Waals surface area contributed by atoms with Gasteiger partial charge in [0, 0.05) is 30.8 Å². The first-order chi connectivity index (χ1) is 14.1. The molecular weight excluding hydrogens is 397 g/mol. The Labute approximate surface area is 172 Å². The van der Waals surface area contributed by atoms with Crippen LogP contribution in [0.25, 0.3) is 0 Å². The van der Waals surface area contributed by atoms with Crippen LogP contribution in [0.15, 0.2) is 42.5 Å². The molecule has 0 radical (unpaired) electrons. The highest BCUT2D eigenvalue weighted by Gasteiger charge is 2.34. The van der Waals surface area contributed by atoms with Crippen molar-refractivity contribution in [1.29, 1.82) is 0 Å². The largest absolute Gasteiger partial charge is 0.491 e. The summed E-state index contributed by atoms with van der Waals surface area (Å²) in [4.78, 5) is 25.8. The zero-order valence-electron chi connectivity index (χ0n) is 16.8. The molecule has 1 heterocycles. The Balaban J connectivity index is 1.70. The van der Waals surface area contributed by atoms with Gasteiger partial charge in [-0.2, -0.15) is 13.2 Å². The van der Waals surface area contributed by atoms with Gasteiger partial charge in [0.25, 0.3) is 5.91 Å². The van der Waals surface area contributed by atoms with E-state index in [1.165, 1.54) is 12.1 Å². The van der Waals surface area contributed by atoms with Crippen LogP contribution < -0.4 is 15.0 Å². The van der Waals surface area contributed by atoms with E-state index in [0.717, 1.165) is 12.5 Å². The lowest BCUT2D eigenvalue weighted by atomic mass is 10.1. The summed E-state index contributed by atoms with van der Waals surface area (Å²) in [6.45, 7) is 3.82. The number of hydrogen-bond donors (Lipinski definition) is 1. The third-order valence-electron chi connectivity index (χ3n) is 4.71. The molecule has 3 rings (SSSR count). The number of benzene rings is 2. The number of amides is 2. The monoisotopic (exact) mass is 420 g/mol. The number of nitrogens with zero attached hydrogens (tertiary/aromatic N) is 1. The molecule has 0 bridgehead atoms. The molecule has 0 spiro atoms. The number of ether oxygens (including phenoxy) is 1. The van der Waals surface area contributed by atoms with Crippen LogP contribution in [0, 0.1) is 0 Å². The molecule has 0 saturated carbocycles. The normalized spacial score (nSPS) is 14.3. The van der Waals surface area contributed by atoms with Crippen LogP contribution in [0.2, 0.25) is 0 Å². The molecule has 0 unspecified atom stereocenters. The van der Waals surface area contributed by atoms with Crippen LogP contribution in [0.3, 0.4) is 0 Å². The van der Waals surface area contributed by atoms with Gasteiger partial charge in [-0.15, -0.1) is 0 Å². The predicted molar refractivity (Wildman–Crippen MR) is 106 cm³/mol. The molecule has 1 N–H and O–H groups in total. The van der Waals surface area contributed by atoms with Crippen molar-refractivity contribution in [3.8, 4) is 5.75 Å². The van der Waals surface area contributed by atoms with Crippen LogP contribution in [0.1, 0.15) is 48.2 Å². The lowest BCUT2D eigenvalue weighted by Gasteiger charge is -2.17. The second kappa shape index (κ2) is 8.77. The van der Waals surface area contributed by atoms with Gasteiger partial charge in [-0.25, -0.2) is 0 Å². The van der Waals surface area contributed by atoms with E-state index in [1.807, 2.05) is 0 Å². The topological polar surface area (TPSA) is 58.6 Å². The molecular formula is C22H23F3N2O3. The molecule has 0 aromatic heterocycles. The Morgan fingerprint density at radius 2 is 1.87 bits per heavy atom. The third kappa shape index (κ3) is 5.11. The standard InChI is InChI=1S/C22H23F3N2O3/c1-14(2)30-18-10-7-16(19(12-18)22(23,24)25)13-26-21(29)15-5-8-17(9-6-15)27-11-3-4-20(27)28/h5-10,12,14H,3-4,11,13H2,1-2H3,(H,26,29). The van der Waals surface area contributed by atoms with Gasteiger partial charge in [-0.3, -0.25) is 9.59 Å². The highest BCUT2D eigenvalue weighted by molar-refractivity contribution is 5.97. The minimum atomic E-state index is -4.57. The fourth-order valence-corrected chi connectivity index (χ4v) is 3.31. The molecule has 2 aromatic rings. The Bertz CT molecular complexity index is 924. The molecule has 1 aliphatic rings. The number of nitrogens with one attached hydrogen (secondary N) is 1. The minimum Gasteiger partial charge on any atom is -0.491 e. The molecule has 1 aliphatic heterocycles. The maximum absolute atomic E-state index is 13.4. The highest BCUT2D eigenvalue weighted by atomic mass is 19.4. The summed E-state index contributed by atoms with van der Waals surface area (Å²) >= 11 is 0. The van der Waals surface area contributed by atoms with E-state index in [0.29, 0.717) is 24.2 Å². The minimum absolute atomic E-state index is 0.0387. The molecule has 2 amide bonds. The zero-order valence-corrected chi connectivity index (χ0v) is 16.8. The average Bonchev–Trinajstić information content (AvgIpc) is 3.11. The van der Waals surface area contributed by atoms with Crippen molar-refractivity contribution in [2.45, 2.75) is 45.5 Å². The second-order valence-corrected chi connectivity index (χ2v) is 7.36. The van der Waals surface area contributed by atoms with E-state index in [4.69, 9.17) is 4.74 Å². The Hall–Kier alpha value is -3.03. The summed E-state index contributed by atoms with van der Waals surface area (Å²) in [6.07, 6.45) is -3.52. The summed E-state index contributed by atoms with van der Waals surface area (Å²) < 4.78 is 45.7. The van der Waals surface area contributed by atoms with Crippen LogP contribution in [-0.4, -0.2) is 24.5 Å². The first-order valence-corrected chi connectivity index (χ1v) is 9.70. The van der Waals surface area contributed by atoms with Crippen LogP contribution >= 0.6 is 0 Å². The van der Waals surface area contributed by atoms with Crippen molar-refractivity contribution in [3.05, 3.63) is 59.2 Å². The van der Waals surface area contributed by atoms with Crippen molar-refractivity contribution >= 4 is 17.5 Å². The second-order valence-electron chi connectivity index (χ2n) is 7.36. The van der Waals surface area contributed by atoms with Crippen molar-refractivity contribution in [1.82, 2.24) is 5.32 Å². The smallest absolute Gasteiger partial charge is 0.416 e. The molecule has 2 aromatic carbocycles. The summed E-state index contributed by atoms with van der Waals surface area (Å²) in [5.74, 6) is -0.332. The van der Waals surface area contributed by atoms with Crippen LogP contribution in [-0.2, 0) is 17.5 Å². The van der Waals surface area contributed by atoms with Gasteiger partial charge in [-0.1, -0.05) is 6.07 Å². The molecule has 1 saturated heterocycles. The maximum Gasteiger partial charge on any atom is 0.416 e. The Morgan fingerprint density at radius 1 is 1.17 bits per heavy atom. The first kappa shape index (κ1) is 21.7. The van der Waals surface area contributed by atoms with Gasteiger partial charge >= 0.3 is 6.18 Å². The number of alkyl halides is 3. The molecule has 0 aliphatic carbocycles. The Kier molecular flexibility index (Phi) is 6.34. The summed E-state index contributed by atoms with van der Waals surface area (Å²) in [6, 6.07) is 10.2. The molecule has 1 fully saturated rings. The summed E-state index contributed by atoms with van der Waals surface area (Å²) in [5, 5.41) is 2.53. The predicted octanol–water partition coefficient (Wildman–Crippen LogP) is 4.55. The number of rotatable bonds is 6. The van der Waals surface area contributed by atoms with E-state index < -0.39 is 17.6 Å². The van der Waals surface area contributed by atoms with Crippen molar-refractivity contribution in [3.63, 3.8) is 0 Å². The van der Waals surface area contributed by atoms with Crippen LogP contribution in [0.4, 0.5) is 18.9 Å².